The highest BCUT2D eigenvalue weighted by molar-refractivity contribution is 6.17. The van der Waals surface area contributed by atoms with Crippen LogP contribution in [0.5, 0.6) is 5.75 Å². The van der Waals surface area contributed by atoms with Crippen LogP contribution in [0.2, 0.25) is 0 Å². The zero-order chi connectivity index (χ0) is 20.1. The number of rotatable bonds is 5. The molecule has 7 nitrogen and oxygen atoms in total. The maximum atomic E-state index is 12.7. The van der Waals surface area contributed by atoms with E-state index in [0.717, 1.165) is 0 Å². The Bertz CT molecular complexity index is 989. The van der Waals surface area contributed by atoms with Gasteiger partial charge in [0.25, 0.3) is 11.8 Å². The normalized spacial score (nSPS) is 16.4. The fourth-order valence-corrected chi connectivity index (χ4v) is 2.73. The number of anilines is 2. The topological polar surface area (TPSA) is 94.8 Å². The van der Waals surface area contributed by atoms with Crippen molar-refractivity contribution in [3.05, 3.63) is 66.2 Å². The minimum absolute atomic E-state index is 0.154. The number of hydrogen-bond donors (Lipinski definition) is 1. The van der Waals surface area contributed by atoms with Crippen LogP contribution >= 0.6 is 0 Å². The summed E-state index contributed by atoms with van der Waals surface area (Å²) in [5.41, 5.74) is 1.50. The quantitative estimate of drug-likeness (QED) is 0.642. The lowest BCUT2D eigenvalue weighted by Gasteiger charge is -2.13. The molecule has 0 unspecified atom stereocenters. The number of amides is 2. The van der Waals surface area contributed by atoms with Gasteiger partial charge in [0.2, 0.25) is 0 Å². The summed E-state index contributed by atoms with van der Waals surface area (Å²) < 4.78 is 5.07. The van der Waals surface area contributed by atoms with Crippen molar-refractivity contribution in [1.29, 1.82) is 5.26 Å². The SMILES string of the molecule is COc1ccc(NC(=O)/C(C#N)=C\[C@H]2C(=O)N(c3ccccc3)N=C2C)cc1. The Kier molecular flexibility index (Phi) is 5.51. The molecular formula is C21H18N4O3. The number of ether oxygens (including phenoxy) is 1. The van der Waals surface area contributed by atoms with Crippen molar-refractivity contribution in [3.8, 4) is 11.8 Å². The van der Waals surface area contributed by atoms with Gasteiger partial charge in [0.1, 0.15) is 17.4 Å². The van der Waals surface area contributed by atoms with Gasteiger partial charge in [-0.3, -0.25) is 9.59 Å². The molecule has 0 aromatic heterocycles. The summed E-state index contributed by atoms with van der Waals surface area (Å²) in [7, 11) is 1.55. The summed E-state index contributed by atoms with van der Waals surface area (Å²) in [6.45, 7) is 1.69. The number of hydrogen-bond acceptors (Lipinski definition) is 5. The van der Waals surface area contributed by atoms with Crippen molar-refractivity contribution in [2.24, 2.45) is 11.0 Å². The highest BCUT2D eigenvalue weighted by Crippen LogP contribution is 2.25. The number of nitrogens with zero attached hydrogens (tertiary/aromatic N) is 3. The first-order valence-electron chi connectivity index (χ1n) is 8.55. The molecule has 1 heterocycles. The van der Waals surface area contributed by atoms with Gasteiger partial charge < -0.3 is 10.1 Å². The van der Waals surface area contributed by atoms with Gasteiger partial charge in [0.15, 0.2) is 0 Å². The molecule has 0 fully saturated rings. The Balaban J connectivity index is 1.78. The third kappa shape index (κ3) is 3.91. The second-order valence-corrected chi connectivity index (χ2v) is 6.08. The number of nitriles is 1. The highest BCUT2D eigenvalue weighted by atomic mass is 16.5. The van der Waals surface area contributed by atoms with Crippen LogP contribution in [0.1, 0.15) is 6.92 Å². The van der Waals surface area contributed by atoms with Crippen LogP contribution in [0.25, 0.3) is 0 Å². The zero-order valence-corrected chi connectivity index (χ0v) is 15.4. The zero-order valence-electron chi connectivity index (χ0n) is 15.4. The van der Waals surface area contributed by atoms with Crippen LogP contribution < -0.4 is 15.1 Å². The van der Waals surface area contributed by atoms with Crippen LogP contribution in [-0.2, 0) is 9.59 Å². The fourth-order valence-electron chi connectivity index (χ4n) is 2.73. The lowest BCUT2D eigenvalue weighted by Crippen LogP contribution is -2.27. The predicted octanol–water partition coefficient (Wildman–Crippen LogP) is 3.12. The second-order valence-electron chi connectivity index (χ2n) is 6.08. The van der Waals surface area contributed by atoms with Crippen LogP contribution in [0, 0.1) is 17.2 Å². The molecule has 1 aliphatic heterocycles. The first-order valence-corrected chi connectivity index (χ1v) is 8.55. The third-order valence-electron chi connectivity index (χ3n) is 4.23. The van der Waals surface area contributed by atoms with Crippen LogP contribution in [0.3, 0.4) is 0 Å². The van der Waals surface area contributed by atoms with Crippen LogP contribution in [0.4, 0.5) is 11.4 Å². The maximum absolute atomic E-state index is 12.7. The van der Waals surface area contributed by atoms with E-state index in [4.69, 9.17) is 4.74 Å². The van der Waals surface area contributed by atoms with E-state index in [1.807, 2.05) is 12.1 Å². The predicted molar refractivity (Wildman–Crippen MR) is 106 cm³/mol. The summed E-state index contributed by atoms with van der Waals surface area (Å²) in [5.74, 6) is -1.02. The summed E-state index contributed by atoms with van der Waals surface area (Å²) in [6, 6.07) is 17.6. The van der Waals surface area contributed by atoms with E-state index in [2.05, 4.69) is 10.4 Å². The van der Waals surface area contributed by atoms with E-state index in [-0.39, 0.29) is 11.5 Å². The lowest BCUT2D eigenvalue weighted by atomic mass is 10.0. The minimum atomic E-state index is -0.767. The number of nitrogens with one attached hydrogen (secondary N) is 1. The van der Waals surface area contributed by atoms with Gasteiger partial charge in [0.05, 0.1) is 24.4 Å². The summed E-state index contributed by atoms with van der Waals surface area (Å²) >= 11 is 0. The molecule has 1 aliphatic rings. The summed E-state index contributed by atoms with van der Waals surface area (Å²) in [5, 5.41) is 17.6. The molecular weight excluding hydrogens is 356 g/mol. The molecule has 28 heavy (non-hydrogen) atoms. The van der Waals surface area contributed by atoms with Gasteiger partial charge in [-0.15, -0.1) is 0 Å². The van der Waals surface area contributed by atoms with E-state index in [1.165, 1.54) is 11.1 Å². The monoisotopic (exact) mass is 374 g/mol. The first kappa shape index (κ1) is 18.9. The lowest BCUT2D eigenvalue weighted by molar-refractivity contribution is -0.118. The average Bonchev–Trinajstić information content (AvgIpc) is 3.01. The van der Waals surface area contributed by atoms with Gasteiger partial charge in [-0.2, -0.15) is 15.4 Å². The van der Waals surface area contributed by atoms with E-state index in [9.17, 15) is 14.9 Å². The van der Waals surface area contributed by atoms with E-state index in [0.29, 0.717) is 22.8 Å². The molecule has 2 aromatic carbocycles. The Morgan fingerprint density at radius 3 is 2.50 bits per heavy atom. The molecule has 0 bridgehead atoms. The smallest absolute Gasteiger partial charge is 0.266 e. The van der Waals surface area contributed by atoms with E-state index >= 15 is 0 Å². The highest BCUT2D eigenvalue weighted by Gasteiger charge is 2.33. The molecule has 0 aliphatic carbocycles. The Hall–Kier alpha value is -3.92. The minimum Gasteiger partial charge on any atom is -0.497 e. The summed E-state index contributed by atoms with van der Waals surface area (Å²) in [4.78, 5) is 25.2. The molecule has 1 N–H and O–H groups in total. The second kappa shape index (κ2) is 8.18. The summed E-state index contributed by atoms with van der Waals surface area (Å²) in [6.07, 6.45) is 1.35. The largest absolute Gasteiger partial charge is 0.497 e. The van der Waals surface area contributed by atoms with E-state index < -0.39 is 11.8 Å². The Labute approximate surface area is 162 Å². The molecule has 7 heteroatoms. The van der Waals surface area contributed by atoms with Gasteiger partial charge >= 0.3 is 0 Å². The maximum Gasteiger partial charge on any atom is 0.266 e. The third-order valence-corrected chi connectivity index (χ3v) is 4.23. The first-order chi connectivity index (χ1) is 13.5. The standard InChI is InChI=1S/C21H18N4O3/c1-14-19(21(27)25(24-14)17-6-4-3-5-7-17)12-15(13-22)20(26)23-16-8-10-18(28-2)11-9-16/h3-12,19H,1-2H3,(H,23,26)/b15-12-/t19-/m1/s1. The van der Waals surface area contributed by atoms with Crippen molar-refractivity contribution in [2.45, 2.75) is 6.92 Å². The van der Waals surface area contributed by atoms with Crippen molar-refractivity contribution >= 4 is 28.9 Å². The molecule has 3 rings (SSSR count). The molecule has 0 spiro atoms. The Morgan fingerprint density at radius 2 is 1.89 bits per heavy atom. The molecule has 140 valence electrons. The number of methoxy groups -OCH3 is 1. The Morgan fingerprint density at radius 1 is 1.21 bits per heavy atom. The van der Waals surface area contributed by atoms with Crippen LogP contribution in [-0.4, -0.2) is 24.6 Å². The molecule has 0 saturated carbocycles. The molecule has 2 aromatic rings. The van der Waals surface area contributed by atoms with Crippen molar-refractivity contribution in [3.63, 3.8) is 0 Å². The van der Waals surface area contributed by atoms with Gasteiger partial charge in [-0.25, -0.2) is 0 Å². The van der Waals surface area contributed by atoms with Crippen molar-refractivity contribution < 1.29 is 14.3 Å². The van der Waals surface area contributed by atoms with Crippen LogP contribution in [0.15, 0.2) is 71.3 Å². The van der Waals surface area contributed by atoms with Gasteiger partial charge in [-0.05, 0) is 49.4 Å². The number of carbonyl (C=O) groups is 2. The number of hydrazone groups is 1. The number of benzene rings is 2. The number of carbonyl (C=O) groups excluding carboxylic acids is 2. The van der Waals surface area contributed by atoms with E-state index in [1.54, 1.807) is 62.6 Å². The van der Waals surface area contributed by atoms with Crippen molar-refractivity contribution in [1.82, 2.24) is 0 Å². The molecule has 2 amide bonds. The van der Waals surface area contributed by atoms with Gasteiger partial charge in [-0.1, -0.05) is 18.2 Å². The molecule has 0 saturated heterocycles. The fraction of sp³-hybridized carbons (Fsp3) is 0.143. The number of para-hydroxylation sites is 1. The average molecular weight is 374 g/mol. The van der Waals surface area contributed by atoms with Gasteiger partial charge in [0, 0.05) is 5.69 Å². The molecule has 0 radical (unpaired) electrons. The molecule has 1 atom stereocenters. The van der Waals surface area contributed by atoms with Crippen molar-refractivity contribution in [2.75, 3.05) is 17.4 Å².